The molecule has 1 fully saturated rings. The fraction of sp³-hybridized carbons (Fsp3) is 0.571. The summed E-state index contributed by atoms with van der Waals surface area (Å²) in [6.45, 7) is 3.27. The molecule has 30 heavy (non-hydrogen) atoms. The van der Waals surface area contributed by atoms with Crippen molar-refractivity contribution in [3.8, 4) is 5.75 Å². The first-order valence-electron chi connectivity index (χ1n) is 10.1. The third-order valence-electron chi connectivity index (χ3n) is 5.49. The molecule has 1 aromatic heterocycles. The highest BCUT2D eigenvalue weighted by atomic mass is 127. The van der Waals surface area contributed by atoms with Crippen LogP contribution in [0.25, 0.3) is 0 Å². The van der Waals surface area contributed by atoms with Gasteiger partial charge >= 0.3 is 0 Å². The summed E-state index contributed by atoms with van der Waals surface area (Å²) in [6.07, 6.45) is 6.76. The van der Waals surface area contributed by atoms with Gasteiger partial charge in [-0.2, -0.15) is 11.8 Å². The average Bonchev–Trinajstić information content (AvgIpc) is 3.33. The molecule has 2 N–H and O–H groups in total. The van der Waals surface area contributed by atoms with Gasteiger partial charge in [-0.15, -0.1) is 34.2 Å². The fourth-order valence-corrected chi connectivity index (χ4v) is 4.28. The van der Waals surface area contributed by atoms with Crippen molar-refractivity contribution in [2.45, 2.75) is 50.4 Å². The Kier molecular flexibility index (Phi) is 10.2. The Bertz CT molecular complexity index is 810. The highest BCUT2D eigenvalue weighted by molar-refractivity contribution is 14.0. The Hall–Kier alpha value is -1.49. The molecule has 0 bridgehead atoms. The van der Waals surface area contributed by atoms with E-state index >= 15 is 0 Å². The lowest BCUT2D eigenvalue weighted by molar-refractivity contribution is 0.414. The number of benzene rings is 1. The van der Waals surface area contributed by atoms with E-state index in [-0.39, 0.29) is 24.0 Å². The van der Waals surface area contributed by atoms with Gasteiger partial charge in [0.2, 0.25) is 0 Å². The molecule has 2 aromatic rings. The number of hydrogen-bond donors (Lipinski definition) is 2. The molecule has 2 unspecified atom stereocenters. The van der Waals surface area contributed by atoms with Gasteiger partial charge in [-0.1, -0.05) is 12.1 Å². The molecule has 1 aromatic carbocycles. The van der Waals surface area contributed by atoms with E-state index in [9.17, 15) is 0 Å². The van der Waals surface area contributed by atoms with Crippen LogP contribution in [0.1, 0.15) is 36.5 Å². The van der Waals surface area contributed by atoms with Crippen LogP contribution in [0.5, 0.6) is 5.75 Å². The summed E-state index contributed by atoms with van der Waals surface area (Å²) in [6, 6.07) is 8.68. The Labute approximate surface area is 200 Å². The number of guanidine groups is 1. The molecule has 1 aliphatic rings. The molecule has 166 valence electrons. The van der Waals surface area contributed by atoms with Crippen molar-refractivity contribution in [2.24, 2.45) is 12.0 Å². The number of aromatic nitrogens is 3. The van der Waals surface area contributed by atoms with Gasteiger partial charge in [0.15, 0.2) is 11.8 Å². The highest BCUT2D eigenvalue weighted by Crippen LogP contribution is 2.28. The summed E-state index contributed by atoms with van der Waals surface area (Å²) >= 11 is 1.96. The number of halogens is 1. The van der Waals surface area contributed by atoms with Crippen molar-refractivity contribution in [2.75, 3.05) is 19.9 Å². The van der Waals surface area contributed by atoms with Crippen LogP contribution in [0.2, 0.25) is 0 Å². The van der Waals surface area contributed by atoms with Gasteiger partial charge in [-0.25, -0.2) is 4.99 Å². The maximum atomic E-state index is 5.23. The van der Waals surface area contributed by atoms with Gasteiger partial charge in [0.05, 0.1) is 7.11 Å². The first-order valence-corrected chi connectivity index (χ1v) is 11.4. The number of thioether (sulfide) groups is 1. The van der Waals surface area contributed by atoms with Crippen molar-refractivity contribution >= 4 is 41.7 Å². The molecule has 9 heteroatoms. The summed E-state index contributed by atoms with van der Waals surface area (Å²) in [4.78, 5) is 4.79. The van der Waals surface area contributed by atoms with Crippen LogP contribution >= 0.6 is 35.7 Å². The number of nitrogens with one attached hydrogen (secondary N) is 2. The van der Waals surface area contributed by atoms with Gasteiger partial charge in [0.25, 0.3) is 0 Å². The topological polar surface area (TPSA) is 76.4 Å². The van der Waals surface area contributed by atoms with Crippen LogP contribution in [-0.4, -0.2) is 51.9 Å². The zero-order chi connectivity index (χ0) is 20.6. The quantitative estimate of drug-likeness (QED) is 0.302. The Balaban J connectivity index is 0.00000320. The molecule has 0 amide bonds. The van der Waals surface area contributed by atoms with Crippen LogP contribution < -0.4 is 15.4 Å². The van der Waals surface area contributed by atoms with E-state index in [4.69, 9.17) is 9.73 Å². The van der Waals surface area contributed by atoms with Gasteiger partial charge < -0.3 is 19.9 Å². The third-order valence-corrected chi connectivity index (χ3v) is 6.58. The number of hydrogen-bond acceptors (Lipinski definition) is 5. The largest absolute Gasteiger partial charge is 0.497 e. The van der Waals surface area contributed by atoms with Crippen LogP contribution in [0.4, 0.5) is 0 Å². The predicted molar refractivity (Wildman–Crippen MR) is 135 cm³/mol. The normalized spacial score (nSPS) is 18.7. The lowest BCUT2D eigenvalue weighted by Crippen LogP contribution is -2.43. The van der Waals surface area contributed by atoms with E-state index in [2.05, 4.69) is 39.2 Å². The molecule has 0 aliphatic heterocycles. The summed E-state index contributed by atoms with van der Waals surface area (Å²) in [5, 5.41) is 16.2. The number of methoxy groups -OCH3 is 1. The molecule has 1 heterocycles. The van der Waals surface area contributed by atoms with Crippen LogP contribution in [0, 0.1) is 6.92 Å². The monoisotopic (exact) mass is 544 g/mol. The first kappa shape index (κ1) is 24.8. The Morgan fingerprint density at radius 1 is 1.27 bits per heavy atom. The summed E-state index contributed by atoms with van der Waals surface area (Å²) < 4.78 is 7.21. The van der Waals surface area contributed by atoms with E-state index in [1.807, 2.05) is 42.4 Å². The van der Waals surface area contributed by atoms with Crippen molar-refractivity contribution < 1.29 is 4.74 Å². The lowest BCUT2D eigenvalue weighted by Gasteiger charge is -2.18. The number of aliphatic imine (C=N–C) groups is 1. The number of ether oxygens (including phenoxy) is 1. The second-order valence-electron chi connectivity index (χ2n) is 7.42. The average molecular weight is 545 g/mol. The van der Waals surface area contributed by atoms with E-state index in [0.29, 0.717) is 12.6 Å². The number of nitrogens with zero attached hydrogens (tertiary/aromatic N) is 4. The van der Waals surface area contributed by atoms with Crippen LogP contribution in [-0.2, 0) is 20.0 Å². The first-order chi connectivity index (χ1) is 14.1. The smallest absolute Gasteiger partial charge is 0.191 e. The van der Waals surface area contributed by atoms with Crippen molar-refractivity contribution in [3.63, 3.8) is 0 Å². The van der Waals surface area contributed by atoms with Crippen molar-refractivity contribution in [1.29, 1.82) is 0 Å². The molecule has 7 nitrogen and oxygen atoms in total. The molecule has 1 aliphatic carbocycles. The summed E-state index contributed by atoms with van der Waals surface area (Å²) in [5.41, 5.74) is 1.27. The van der Waals surface area contributed by atoms with E-state index < -0.39 is 0 Å². The third kappa shape index (κ3) is 7.04. The van der Waals surface area contributed by atoms with Crippen LogP contribution in [0.15, 0.2) is 29.3 Å². The second-order valence-corrected chi connectivity index (χ2v) is 8.56. The maximum absolute atomic E-state index is 5.23. The van der Waals surface area contributed by atoms with Gasteiger partial charge in [0, 0.05) is 24.9 Å². The van der Waals surface area contributed by atoms with Gasteiger partial charge in [0.1, 0.15) is 18.1 Å². The zero-order valence-electron chi connectivity index (χ0n) is 18.2. The summed E-state index contributed by atoms with van der Waals surface area (Å²) in [5.74, 6) is 3.50. The van der Waals surface area contributed by atoms with E-state index in [1.165, 1.54) is 24.8 Å². The SMILES string of the molecule is COc1ccc(CCNC(=NCc2nnc(C)n2C)NC2CCC(SC)C2)cc1.I. The Morgan fingerprint density at radius 2 is 2.03 bits per heavy atom. The maximum Gasteiger partial charge on any atom is 0.191 e. The minimum atomic E-state index is 0. The Morgan fingerprint density at radius 3 is 2.63 bits per heavy atom. The zero-order valence-corrected chi connectivity index (χ0v) is 21.4. The number of aryl methyl sites for hydroxylation is 1. The van der Waals surface area contributed by atoms with Crippen molar-refractivity contribution in [3.05, 3.63) is 41.5 Å². The molecule has 3 rings (SSSR count). The standard InChI is InChI=1S/C21H32N6OS.HI/c1-15-25-26-20(27(15)2)14-23-21(24-17-7-10-19(13-17)29-4)22-12-11-16-5-8-18(28-3)9-6-16;/h5-6,8-9,17,19H,7,10-14H2,1-4H3,(H2,22,23,24);1H. The molecule has 2 atom stereocenters. The fourth-order valence-electron chi connectivity index (χ4n) is 3.49. The minimum Gasteiger partial charge on any atom is -0.497 e. The molecule has 0 radical (unpaired) electrons. The van der Waals surface area contributed by atoms with Crippen molar-refractivity contribution in [1.82, 2.24) is 25.4 Å². The summed E-state index contributed by atoms with van der Waals surface area (Å²) in [7, 11) is 3.67. The van der Waals surface area contributed by atoms with E-state index in [0.717, 1.165) is 41.6 Å². The lowest BCUT2D eigenvalue weighted by atomic mass is 10.1. The molecule has 0 spiro atoms. The minimum absolute atomic E-state index is 0. The van der Waals surface area contributed by atoms with Gasteiger partial charge in [-0.05, 0) is 56.6 Å². The molecule has 0 saturated heterocycles. The van der Waals surface area contributed by atoms with Gasteiger partial charge in [-0.3, -0.25) is 0 Å². The molecular weight excluding hydrogens is 511 g/mol. The number of rotatable bonds is 8. The molecule has 1 saturated carbocycles. The second kappa shape index (κ2) is 12.4. The van der Waals surface area contributed by atoms with E-state index in [1.54, 1.807) is 7.11 Å². The molecular formula is C21H33IN6OS. The van der Waals surface area contributed by atoms with Crippen LogP contribution in [0.3, 0.4) is 0 Å². The predicted octanol–water partition coefficient (Wildman–Crippen LogP) is 3.31. The highest BCUT2D eigenvalue weighted by Gasteiger charge is 2.24.